The van der Waals surface area contributed by atoms with Crippen molar-refractivity contribution in [1.82, 2.24) is 0 Å². The highest BCUT2D eigenvalue weighted by Gasteiger charge is 2.50. The Morgan fingerprint density at radius 3 is 2.30 bits per heavy atom. The number of nitrogens with zero attached hydrogens (tertiary/aromatic N) is 2. The number of rotatable bonds is 9. The van der Waals surface area contributed by atoms with E-state index in [4.69, 9.17) is 4.74 Å². The summed E-state index contributed by atoms with van der Waals surface area (Å²) < 4.78 is 5.70. The topological polar surface area (TPSA) is 113 Å². The SMILES string of the molecule is C=C1CC[C@@H](OC(=O)c2cc([N+](=O)[O-])cc([N+](=O)[O-])c2)C/C1=C/C=C1\CCC[C@@]2(C)[C@H]1CC[C@H]2[C@@H](C)/C=C/[C@H](C)C(C)C. The van der Waals surface area contributed by atoms with Gasteiger partial charge in [-0.1, -0.05) is 76.6 Å². The van der Waals surface area contributed by atoms with Gasteiger partial charge in [0.15, 0.2) is 0 Å². The zero-order chi connectivity index (χ0) is 31.5. The summed E-state index contributed by atoms with van der Waals surface area (Å²) in [6.45, 7) is 16.0. The number of benzene rings is 1. The van der Waals surface area contributed by atoms with E-state index in [1.807, 2.05) is 0 Å². The molecule has 0 aliphatic heterocycles. The molecule has 1 aromatic rings. The smallest absolute Gasteiger partial charge is 0.338 e. The Labute approximate surface area is 255 Å². The lowest BCUT2D eigenvalue weighted by Gasteiger charge is -2.44. The van der Waals surface area contributed by atoms with Crippen LogP contribution >= 0.6 is 0 Å². The monoisotopic (exact) mass is 590 g/mol. The minimum atomic E-state index is -0.798. The maximum Gasteiger partial charge on any atom is 0.338 e. The number of hydrogen-bond acceptors (Lipinski definition) is 6. The van der Waals surface area contributed by atoms with Crippen molar-refractivity contribution in [1.29, 1.82) is 0 Å². The number of hydrogen-bond donors (Lipinski definition) is 0. The Bertz CT molecular complexity index is 1330. The Hall–Kier alpha value is -3.55. The number of esters is 1. The summed E-state index contributed by atoms with van der Waals surface area (Å²) in [6.07, 6.45) is 16.6. The first kappa shape index (κ1) is 32.4. The van der Waals surface area contributed by atoms with Crippen LogP contribution in [0.5, 0.6) is 0 Å². The van der Waals surface area contributed by atoms with Gasteiger partial charge in [0.05, 0.1) is 21.5 Å². The zero-order valence-electron chi connectivity index (χ0n) is 26.2. The summed E-state index contributed by atoms with van der Waals surface area (Å²) >= 11 is 0. The van der Waals surface area contributed by atoms with Gasteiger partial charge >= 0.3 is 5.97 Å². The van der Waals surface area contributed by atoms with Crippen molar-refractivity contribution in [3.8, 4) is 0 Å². The average Bonchev–Trinajstić information content (AvgIpc) is 3.33. The molecule has 0 spiro atoms. The molecule has 3 saturated carbocycles. The molecule has 0 saturated heterocycles. The molecule has 6 atom stereocenters. The molecule has 0 aromatic heterocycles. The van der Waals surface area contributed by atoms with Crippen LogP contribution in [0.4, 0.5) is 11.4 Å². The number of fused-ring (bicyclic) bond motifs is 1. The number of carbonyl (C=O) groups excluding carboxylic acids is 1. The highest BCUT2D eigenvalue weighted by atomic mass is 16.6. The maximum absolute atomic E-state index is 12.9. The van der Waals surface area contributed by atoms with Crippen molar-refractivity contribution in [2.24, 2.45) is 35.0 Å². The van der Waals surface area contributed by atoms with Crippen molar-refractivity contribution in [2.45, 2.75) is 92.1 Å². The predicted octanol–water partition coefficient (Wildman–Crippen LogP) is 9.32. The maximum atomic E-state index is 12.9. The van der Waals surface area contributed by atoms with Crippen LogP contribution in [-0.2, 0) is 4.74 Å². The molecule has 0 unspecified atom stereocenters. The fourth-order valence-corrected chi connectivity index (χ4v) is 7.47. The fourth-order valence-electron chi connectivity index (χ4n) is 7.47. The molecular formula is C35H46N2O6. The van der Waals surface area contributed by atoms with Gasteiger partial charge in [-0.25, -0.2) is 4.79 Å². The summed E-state index contributed by atoms with van der Waals surface area (Å²) in [4.78, 5) is 33.9. The summed E-state index contributed by atoms with van der Waals surface area (Å²) in [5, 5.41) is 22.5. The molecule has 1 aromatic carbocycles. The van der Waals surface area contributed by atoms with Crippen molar-refractivity contribution in [3.63, 3.8) is 0 Å². The first-order valence-corrected chi connectivity index (χ1v) is 15.7. The molecular weight excluding hydrogens is 544 g/mol. The van der Waals surface area contributed by atoms with Crippen LogP contribution in [0.2, 0.25) is 0 Å². The van der Waals surface area contributed by atoms with Crippen molar-refractivity contribution in [2.75, 3.05) is 0 Å². The molecule has 0 heterocycles. The Kier molecular flexibility index (Phi) is 10.1. The molecule has 0 amide bonds. The van der Waals surface area contributed by atoms with E-state index in [1.165, 1.54) is 31.3 Å². The molecule has 43 heavy (non-hydrogen) atoms. The van der Waals surface area contributed by atoms with Gasteiger partial charge in [-0.05, 0) is 85.5 Å². The minimum absolute atomic E-state index is 0.196. The normalized spacial score (nSPS) is 29.2. The van der Waals surface area contributed by atoms with Gasteiger partial charge in [0.1, 0.15) is 6.10 Å². The van der Waals surface area contributed by atoms with Crippen LogP contribution in [0.1, 0.15) is 96.3 Å². The molecule has 3 aliphatic rings. The lowest BCUT2D eigenvalue weighted by atomic mass is 9.61. The third-order valence-corrected chi connectivity index (χ3v) is 10.4. The quantitative estimate of drug-likeness (QED) is 0.123. The van der Waals surface area contributed by atoms with Crippen LogP contribution in [0.15, 0.2) is 65.8 Å². The standard InChI is InChI=1S/C35H46N2O6/c1-22(2)23(3)9-10-25(5)32-15-16-33-26(8-7-17-35(32,33)6)12-13-27-20-31(14-11-24(27)4)43-34(38)28-18-29(36(39)40)21-30(19-28)37(41)42/h9-10,12-13,18-19,21-23,25,31-33H,4,7-8,11,14-17,20H2,1-3,5-6H3/b10-9+,26-12+,27-13-/t23-,25-,31+,32-,33-,35+/m0/s1. The van der Waals surface area contributed by atoms with E-state index < -0.39 is 33.3 Å². The number of ether oxygens (including phenoxy) is 1. The lowest BCUT2D eigenvalue weighted by Crippen LogP contribution is -2.35. The molecule has 0 radical (unpaired) electrons. The molecule has 4 rings (SSSR count). The van der Waals surface area contributed by atoms with E-state index in [-0.39, 0.29) is 11.0 Å². The summed E-state index contributed by atoms with van der Waals surface area (Å²) in [5.41, 5.74) is 2.63. The lowest BCUT2D eigenvalue weighted by molar-refractivity contribution is -0.394. The second kappa shape index (κ2) is 13.4. The van der Waals surface area contributed by atoms with E-state index in [9.17, 15) is 25.0 Å². The van der Waals surface area contributed by atoms with E-state index in [0.29, 0.717) is 48.9 Å². The number of nitro groups is 2. The third-order valence-electron chi connectivity index (χ3n) is 10.4. The van der Waals surface area contributed by atoms with Gasteiger partial charge in [0.2, 0.25) is 0 Å². The van der Waals surface area contributed by atoms with Crippen LogP contribution in [-0.4, -0.2) is 21.9 Å². The number of non-ortho nitro benzene ring substituents is 2. The largest absolute Gasteiger partial charge is 0.458 e. The van der Waals surface area contributed by atoms with Gasteiger partial charge in [0, 0.05) is 18.6 Å². The summed E-state index contributed by atoms with van der Waals surface area (Å²) in [7, 11) is 0. The van der Waals surface area contributed by atoms with Gasteiger partial charge in [-0.3, -0.25) is 20.2 Å². The van der Waals surface area contributed by atoms with Gasteiger partial charge in [-0.2, -0.15) is 0 Å². The van der Waals surface area contributed by atoms with Gasteiger partial charge in [0.25, 0.3) is 11.4 Å². The molecule has 8 heteroatoms. The van der Waals surface area contributed by atoms with E-state index in [2.05, 4.69) is 65.5 Å². The van der Waals surface area contributed by atoms with Crippen molar-refractivity contribution < 1.29 is 19.4 Å². The molecule has 3 fully saturated rings. The van der Waals surface area contributed by atoms with Crippen LogP contribution in [0, 0.1) is 55.2 Å². The molecule has 0 N–H and O–H groups in total. The molecule has 0 bridgehead atoms. The minimum Gasteiger partial charge on any atom is -0.458 e. The second-order valence-electron chi connectivity index (χ2n) is 13.5. The van der Waals surface area contributed by atoms with Crippen LogP contribution in [0.3, 0.4) is 0 Å². The molecule has 3 aliphatic carbocycles. The number of allylic oxidation sites excluding steroid dienone is 6. The summed E-state index contributed by atoms with van der Waals surface area (Å²) in [6, 6.07) is 2.88. The number of nitro benzene ring substituents is 2. The van der Waals surface area contributed by atoms with E-state index >= 15 is 0 Å². The van der Waals surface area contributed by atoms with E-state index in [0.717, 1.165) is 35.8 Å². The van der Waals surface area contributed by atoms with Gasteiger partial charge < -0.3 is 4.74 Å². The Morgan fingerprint density at radius 1 is 1.00 bits per heavy atom. The average molecular weight is 591 g/mol. The van der Waals surface area contributed by atoms with E-state index in [1.54, 1.807) is 0 Å². The second-order valence-corrected chi connectivity index (χ2v) is 13.5. The highest BCUT2D eigenvalue weighted by Crippen LogP contribution is 2.59. The van der Waals surface area contributed by atoms with Crippen molar-refractivity contribution in [3.05, 3.63) is 91.6 Å². The first-order valence-electron chi connectivity index (χ1n) is 15.7. The van der Waals surface area contributed by atoms with Crippen molar-refractivity contribution >= 4 is 17.3 Å². The predicted molar refractivity (Wildman–Crippen MR) is 169 cm³/mol. The Morgan fingerprint density at radius 2 is 1.67 bits per heavy atom. The first-order chi connectivity index (χ1) is 20.3. The fraction of sp³-hybridized carbons (Fsp3) is 0.571. The van der Waals surface area contributed by atoms with Crippen LogP contribution in [0.25, 0.3) is 0 Å². The van der Waals surface area contributed by atoms with Gasteiger partial charge in [-0.15, -0.1) is 0 Å². The highest BCUT2D eigenvalue weighted by molar-refractivity contribution is 5.91. The summed E-state index contributed by atoms with van der Waals surface area (Å²) in [5.74, 6) is 2.21. The molecule has 8 nitrogen and oxygen atoms in total. The molecule has 232 valence electrons. The number of carbonyl (C=O) groups is 1. The Balaban J connectivity index is 1.47. The zero-order valence-corrected chi connectivity index (χ0v) is 26.2. The third kappa shape index (κ3) is 7.34. The van der Waals surface area contributed by atoms with Crippen LogP contribution < -0.4 is 0 Å².